The highest BCUT2D eigenvalue weighted by atomic mass is 16.6. The van der Waals surface area contributed by atoms with Gasteiger partial charge in [0.15, 0.2) is 5.75 Å². The molecule has 0 amide bonds. The molecule has 0 aliphatic rings. The van der Waals surface area contributed by atoms with Crippen molar-refractivity contribution < 1.29 is 9.66 Å². The number of hydrogen-bond acceptors (Lipinski definition) is 4. The first-order valence-corrected chi connectivity index (χ1v) is 5.62. The normalized spacial score (nSPS) is 10.6. The molecule has 5 nitrogen and oxygen atoms in total. The molecule has 0 radical (unpaired) electrons. The van der Waals surface area contributed by atoms with E-state index in [0.717, 1.165) is 5.56 Å². The minimum absolute atomic E-state index is 0.0227. The lowest BCUT2D eigenvalue weighted by molar-refractivity contribution is -0.385. The molecule has 0 atom stereocenters. The molecule has 0 aliphatic heterocycles. The second kappa shape index (κ2) is 6.20. The highest BCUT2D eigenvalue weighted by Gasteiger charge is 2.16. The average molecular weight is 238 g/mol. The van der Waals surface area contributed by atoms with Crippen molar-refractivity contribution in [1.29, 1.82) is 0 Å². The van der Waals surface area contributed by atoms with Gasteiger partial charge < -0.3 is 10.1 Å². The van der Waals surface area contributed by atoms with E-state index in [0.29, 0.717) is 24.9 Å². The summed E-state index contributed by atoms with van der Waals surface area (Å²) < 4.78 is 5.48. The second-order valence-electron chi connectivity index (χ2n) is 4.14. The van der Waals surface area contributed by atoms with E-state index in [4.69, 9.17) is 4.74 Å². The van der Waals surface area contributed by atoms with Crippen LogP contribution in [0.4, 0.5) is 5.69 Å². The Hall–Kier alpha value is -1.62. The lowest BCUT2D eigenvalue weighted by atomic mass is 10.2. The summed E-state index contributed by atoms with van der Waals surface area (Å²) in [6, 6.07) is 5.30. The minimum atomic E-state index is -0.418. The predicted octanol–water partition coefficient (Wildman–Crippen LogP) is 2.28. The Morgan fingerprint density at radius 3 is 2.76 bits per heavy atom. The number of rotatable bonds is 6. The van der Waals surface area contributed by atoms with Crippen LogP contribution in [0, 0.1) is 17.0 Å². The number of benzene rings is 1. The first-order valence-electron chi connectivity index (χ1n) is 5.62. The lowest BCUT2D eigenvalue weighted by Gasteiger charge is -2.11. The van der Waals surface area contributed by atoms with Gasteiger partial charge in [-0.3, -0.25) is 10.1 Å². The molecule has 0 unspecified atom stereocenters. The van der Waals surface area contributed by atoms with Gasteiger partial charge in [0.25, 0.3) is 0 Å². The summed E-state index contributed by atoms with van der Waals surface area (Å²) in [5.74, 6) is 0.364. The molecule has 0 aliphatic carbocycles. The van der Waals surface area contributed by atoms with Crippen molar-refractivity contribution in [2.45, 2.75) is 26.8 Å². The van der Waals surface area contributed by atoms with E-state index in [1.165, 1.54) is 6.07 Å². The molecule has 5 heteroatoms. The van der Waals surface area contributed by atoms with Crippen LogP contribution in [0.15, 0.2) is 18.2 Å². The summed E-state index contributed by atoms with van der Waals surface area (Å²) >= 11 is 0. The number of ether oxygens (including phenoxy) is 1. The van der Waals surface area contributed by atoms with Crippen LogP contribution in [0.1, 0.15) is 19.4 Å². The third-order valence-electron chi connectivity index (χ3n) is 2.29. The fraction of sp³-hybridized carbons (Fsp3) is 0.500. The summed E-state index contributed by atoms with van der Waals surface area (Å²) in [5, 5.41) is 14.0. The van der Waals surface area contributed by atoms with Crippen LogP contribution in [0.3, 0.4) is 0 Å². The molecule has 1 aromatic rings. The van der Waals surface area contributed by atoms with E-state index in [-0.39, 0.29) is 5.69 Å². The van der Waals surface area contributed by atoms with Crippen molar-refractivity contribution >= 4 is 5.69 Å². The van der Waals surface area contributed by atoms with Gasteiger partial charge in [0.1, 0.15) is 6.61 Å². The third-order valence-corrected chi connectivity index (χ3v) is 2.29. The maximum Gasteiger partial charge on any atom is 0.311 e. The van der Waals surface area contributed by atoms with E-state index in [2.05, 4.69) is 5.32 Å². The van der Waals surface area contributed by atoms with E-state index >= 15 is 0 Å². The van der Waals surface area contributed by atoms with E-state index < -0.39 is 4.92 Å². The first-order chi connectivity index (χ1) is 8.02. The maximum absolute atomic E-state index is 10.8. The smallest absolute Gasteiger partial charge is 0.311 e. The molecule has 0 fully saturated rings. The van der Waals surface area contributed by atoms with Crippen LogP contribution in [-0.4, -0.2) is 24.1 Å². The summed E-state index contributed by atoms with van der Waals surface area (Å²) in [4.78, 5) is 10.4. The van der Waals surface area contributed by atoms with Gasteiger partial charge in [0.05, 0.1) is 4.92 Å². The van der Waals surface area contributed by atoms with E-state index in [1.807, 2.05) is 13.8 Å². The Morgan fingerprint density at radius 1 is 1.47 bits per heavy atom. The fourth-order valence-electron chi connectivity index (χ4n) is 1.47. The number of aryl methyl sites for hydroxylation is 1. The molecule has 0 saturated heterocycles. The molecule has 0 aromatic heterocycles. The Morgan fingerprint density at radius 2 is 2.18 bits per heavy atom. The summed E-state index contributed by atoms with van der Waals surface area (Å²) in [6.45, 7) is 6.97. The van der Waals surface area contributed by atoms with Crippen LogP contribution >= 0.6 is 0 Å². The molecule has 0 heterocycles. The first kappa shape index (κ1) is 13.4. The summed E-state index contributed by atoms with van der Waals surface area (Å²) in [5.41, 5.74) is 0.804. The third kappa shape index (κ3) is 4.03. The molecule has 1 N–H and O–H groups in total. The zero-order valence-electron chi connectivity index (χ0n) is 10.4. The highest BCUT2D eigenvalue weighted by molar-refractivity contribution is 5.51. The van der Waals surface area contributed by atoms with Gasteiger partial charge in [-0.2, -0.15) is 0 Å². The summed E-state index contributed by atoms with van der Waals surface area (Å²) in [7, 11) is 0. The fourth-order valence-corrected chi connectivity index (χ4v) is 1.47. The van der Waals surface area contributed by atoms with Gasteiger partial charge in [0, 0.05) is 18.7 Å². The molecule has 17 heavy (non-hydrogen) atoms. The van der Waals surface area contributed by atoms with Crippen molar-refractivity contribution in [1.82, 2.24) is 5.32 Å². The molecular weight excluding hydrogens is 220 g/mol. The van der Waals surface area contributed by atoms with Crippen LogP contribution < -0.4 is 10.1 Å². The van der Waals surface area contributed by atoms with Crippen molar-refractivity contribution in [3.8, 4) is 5.75 Å². The summed E-state index contributed by atoms with van der Waals surface area (Å²) in [6.07, 6.45) is 0. The topological polar surface area (TPSA) is 64.4 Å². The molecular formula is C12H18N2O3. The van der Waals surface area contributed by atoms with Crippen molar-refractivity contribution in [2.75, 3.05) is 13.2 Å². The van der Waals surface area contributed by atoms with Gasteiger partial charge >= 0.3 is 5.69 Å². The molecule has 0 spiro atoms. The Labute approximate surface area is 101 Å². The number of nitrogens with zero attached hydrogens (tertiary/aromatic N) is 1. The van der Waals surface area contributed by atoms with Crippen molar-refractivity contribution in [3.05, 3.63) is 33.9 Å². The van der Waals surface area contributed by atoms with Crippen molar-refractivity contribution in [3.63, 3.8) is 0 Å². The number of para-hydroxylation sites is 1. The zero-order chi connectivity index (χ0) is 12.8. The van der Waals surface area contributed by atoms with Crippen molar-refractivity contribution in [2.24, 2.45) is 0 Å². The minimum Gasteiger partial charge on any atom is -0.485 e. The van der Waals surface area contributed by atoms with Crippen LogP contribution in [0.25, 0.3) is 0 Å². The van der Waals surface area contributed by atoms with Crippen LogP contribution in [0.2, 0.25) is 0 Å². The van der Waals surface area contributed by atoms with Gasteiger partial charge in [-0.1, -0.05) is 26.0 Å². The number of hydrogen-bond donors (Lipinski definition) is 1. The Kier molecular flexibility index (Phi) is 4.90. The number of nitrogens with one attached hydrogen (secondary N) is 1. The van der Waals surface area contributed by atoms with Crippen LogP contribution in [0.5, 0.6) is 5.75 Å². The molecule has 0 bridgehead atoms. The standard InChI is InChI=1S/C12H18N2O3/c1-9(2)13-7-8-17-12-10(3)5-4-6-11(12)14(15)16/h4-6,9,13H,7-8H2,1-3H3. The maximum atomic E-state index is 10.8. The lowest BCUT2D eigenvalue weighted by Crippen LogP contribution is -2.27. The predicted molar refractivity (Wildman–Crippen MR) is 66.5 cm³/mol. The molecule has 1 rings (SSSR count). The average Bonchev–Trinajstić information content (AvgIpc) is 2.25. The molecule has 0 saturated carbocycles. The largest absolute Gasteiger partial charge is 0.485 e. The van der Waals surface area contributed by atoms with Gasteiger partial charge in [-0.15, -0.1) is 0 Å². The van der Waals surface area contributed by atoms with Gasteiger partial charge in [-0.25, -0.2) is 0 Å². The SMILES string of the molecule is Cc1cccc([N+](=O)[O-])c1OCCNC(C)C. The molecule has 1 aromatic carbocycles. The number of nitro benzene ring substituents is 1. The van der Waals surface area contributed by atoms with E-state index in [9.17, 15) is 10.1 Å². The zero-order valence-corrected chi connectivity index (χ0v) is 10.4. The monoisotopic (exact) mass is 238 g/mol. The Balaban J connectivity index is 2.66. The Bertz CT molecular complexity index is 391. The second-order valence-corrected chi connectivity index (χ2v) is 4.14. The molecule has 94 valence electrons. The highest BCUT2D eigenvalue weighted by Crippen LogP contribution is 2.29. The van der Waals surface area contributed by atoms with E-state index in [1.54, 1.807) is 19.1 Å². The quantitative estimate of drug-likeness (QED) is 0.469. The van der Waals surface area contributed by atoms with Crippen LogP contribution in [-0.2, 0) is 0 Å². The van der Waals surface area contributed by atoms with Gasteiger partial charge in [0.2, 0.25) is 0 Å². The number of nitro groups is 1. The van der Waals surface area contributed by atoms with Gasteiger partial charge in [-0.05, 0) is 12.5 Å².